The van der Waals surface area contributed by atoms with Crippen molar-refractivity contribution in [1.82, 2.24) is 10.2 Å². The zero-order valence-corrected chi connectivity index (χ0v) is 28.9. The molecule has 1 amide bonds. The minimum absolute atomic E-state index is 0.118. The Hall–Kier alpha value is -5.16. The second-order valence-electron chi connectivity index (χ2n) is 12.5. The normalized spacial score (nSPS) is 16.2. The average molecular weight is 683 g/mol. The molecule has 6 rings (SSSR count). The standard InChI is InChI=1S/C43H39FN2O3S/c1-31(2)39(42(48)49-30-33-16-7-3-8-17-33)46-40(47)38(41(46)50-29-15-18-32-25-27-37(44)28-26-32)45-43(34-19-9-4-10-20-34,35-21-11-5-12-22-35)36-23-13-6-14-24-36/h3-14,16-17,19-28,31,38-39,41,45H,29-30H2,1-2H3. The van der Waals surface area contributed by atoms with Gasteiger partial charge in [0.2, 0.25) is 5.91 Å². The zero-order valence-electron chi connectivity index (χ0n) is 28.0. The number of nitrogens with zero attached hydrogens (tertiary/aromatic N) is 1. The Labute approximate surface area is 297 Å². The minimum Gasteiger partial charge on any atom is -0.459 e. The van der Waals surface area contributed by atoms with E-state index in [9.17, 15) is 14.0 Å². The van der Waals surface area contributed by atoms with Gasteiger partial charge in [-0.2, -0.15) is 0 Å². The number of benzene rings is 5. The van der Waals surface area contributed by atoms with Crippen molar-refractivity contribution in [2.24, 2.45) is 5.92 Å². The van der Waals surface area contributed by atoms with Gasteiger partial charge in [0.05, 0.1) is 11.3 Å². The van der Waals surface area contributed by atoms with Crippen molar-refractivity contribution < 1.29 is 18.7 Å². The summed E-state index contributed by atoms with van der Waals surface area (Å²) in [6.07, 6.45) is 0. The SMILES string of the molecule is CC(C)C(C(=O)OCc1ccccc1)N1C(=O)C(NC(c2ccccc2)(c2ccccc2)c2ccccc2)C1SCC#Cc1ccc(F)cc1. The lowest BCUT2D eigenvalue weighted by Gasteiger charge is -2.53. The molecule has 50 heavy (non-hydrogen) atoms. The van der Waals surface area contributed by atoms with Crippen molar-refractivity contribution >= 4 is 23.6 Å². The fourth-order valence-electron chi connectivity index (χ4n) is 6.46. The van der Waals surface area contributed by atoms with Crippen LogP contribution >= 0.6 is 11.8 Å². The van der Waals surface area contributed by atoms with E-state index in [1.807, 2.05) is 98.8 Å². The van der Waals surface area contributed by atoms with E-state index in [-0.39, 0.29) is 24.2 Å². The summed E-state index contributed by atoms with van der Waals surface area (Å²) in [6, 6.07) is 44.5. The van der Waals surface area contributed by atoms with E-state index in [1.165, 1.54) is 23.9 Å². The minimum atomic E-state index is -0.893. The molecule has 0 radical (unpaired) electrons. The maximum absolute atomic E-state index is 14.5. The Morgan fingerprint density at radius 3 is 1.80 bits per heavy atom. The largest absolute Gasteiger partial charge is 0.459 e. The molecule has 1 N–H and O–H groups in total. The Bertz CT molecular complexity index is 1830. The number of amides is 1. The van der Waals surface area contributed by atoms with Crippen LogP contribution in [-0.4, -0.2) is 40.0 Å². The Balaban J connectivity index is 1.37. The highest BCUT2D eigenvalue weighted by molar-refractivity contribution is 8.00. The number of nitrogens with one attached hydrogen (secondary N) is 1. The van der Waals surface area contributed by atoms with Crippen LogP contribution in [0.1, 0.15) is 41.7 Å². The van der Waals surface area contributed by atoms with Crippen LogP contribution in [0.25, 0.3) is 0 Å². The van der Waals surface area contributed by atoms with E-state index < -0.39 is 29.0 Å². The molecule has 0 aromatic heterocycles. The number of carbonyl (C=O) groups is 2. The number of hydrogen-bond donors (Lipinski definition) is 1. The molecule has 3 atom stereocenters. The second-order valence-corrected chi connectivity index (χ2v) is 13.6. The number of rotatable bonds is 12. The van der Waals surface area contributed by atoms with Gasteiger partial charge in [-0.25, -0.2) is 9.18 Å². The highest BCUT2D eigenvalue weighted by Gasteiger charge is 2.56. The number of halogens is 1. The van der Waals surface area contributed by atoms with Crippen LogP contribution in [0.2, 0.25) is 0 Å². The summed E-state index contributed by atoms with van der Waals surface area (Å²) in [4.78, 5) is 30.0. The van der Waals surface area contributed by atoms with Crippen molar-refractivity contribution in [1.29, 1.82) is 0 Å². The van der Waals surface area contributed by atoms with E-state index in [1.54, 1.807) is 17.0 Å². The van der Waals surface area contributed by atoms with Gasteiger partial charge in [0, 0.05) is 5.56 Å². The van der Waals surface area contributed by atoms with E-state index in [0.717, 1.165) is 22.3 Å². The molecule has 1 heterocycles. The first-order valence-corrected chi connectivity index (χ1v) is 17.8. The van der Waals surface area contributed by atoms with Crippen molar-refractivity contribution in [3.05, 3.63) is 179 Å². The number of likely N-dealkylation sites (tertiary alicyclic amines) is 1. The Morgan fingerprint density at radius 2 is 1.30 bits per heavy atom. The van der Waals surface area contributed by atoms with Crippen LogP contribution in [0.3, 0.4) is 0 Å². The van der Waals surface area contributed by atoms with E-state index in [0.29, 0.717) is 11.3 Å². The summed E-state index contributed by atoms with van der Waals surface area (Å²) < 4.78 is 19.3. The lowest BCUT2D eigenvalue weighted by molar-refractivity contribution is -0.168. The summed E-state index contributed by atoms with van der Waals surface area (Å²) in [6.45, 7) is 3.98. The van der Waals surface area contributed by atoms with Gasteiger partial charge >= 0.3 is 5.97 Å². The number of carbonyl (C=O) groups excluding carboxylic acids is 2. The van der Waals surface area contributed by atoms with Gasteiger partial charge in [-0.1, -0.05) is 147 Å². The molecule has 1 saturated heterocycles. The van der Waals surface area contributed by atoms with Crippen LogP contribution in [-0.2, 0) is 26.5 Å². The molecular formula is C43H39FN2O3S. The monoisotopic (exact) mass is 682 g/mol. The first kappa shape index (κ1) is 34.7. The fourth-order valence-corrected chi connectivity index (χ4v) is 7.56. The number of ether oxygens (including phenoxy) is 1. The molecule has 0 aliphatic carbocycles. The van der Waals surface area contributed by atoms with Gasteiger partial charge in [0.15, 0.2) is 0 Å². The predicted octanol–water partition coefficient (Wildman–Crippen LogP) is 7.80. The molecule has 5 aromatic carbocycles. The number of esters is 1. The molecule has 0 spiro atoms. The van der Waals surface area contributed by atoms with Crippen LogP contribution in [0.5, 0.6) is 0 Å². The van der Waals surface area contributed by atoms with Crippen LogP contribution in [0.15, 0.2) is 146 Å². The summed E-state index contributed by atoms with van der Waals surface area (Å²) in [7, 11) is 0. The zero-order chi connectivity index (χ0) is 34.9. The topological polar surface area (TPSA) is 58.6 Å². The van der Waals surface area contributed by atoms with E-state index in [4.69, 9.17) is 4.74 Å². The molecule has 0 saturated carbocycles. The smallest absolute Gasteiger partial charge is 0.329 e. The third-order valence-corrected chi connectivity index (χ3v) is 10.0. The predicted molar refractivity (Wildman–Crippen MR) is 197 cm³/mol. The van der Waals surface area contributed by atoms with Crippen molar-refractivity contribution in [3.63, 3.8) is 0 Å². The third-order valence-electron chi connectivity index (χ3n) is 8.87. The number of hydrogen-bond acceptors (Lipinski definition) is 5. The van der Waals surface area contributed by atoms with Gasteiger partial charge in [0.1, 0.15) is 29.9 Å². The van der Waals surface area contributed by atoms with Crippen molar-refractivity contribution in [3.8, 4) is 11.8 Å². The van der Waals surface area contributed by atoms with Gasteiger partial charge in [-0.05, 0) is 52.4 Å². The first-order chi connectivity index (χ1) is 24.4. The second kappa shape index (κ2) is 16.0. The lowest BCUT2D eigenvalue weighted by atomic mass is 9.76. The lowest BCUT2D eigenvalue weighted by Crippen LogP contribution is -2.75. The molecule has 1 aliphatic rings. The summed E-state index contributed by atoms with van der Waals surface area (Å²) >= 11 is 1.50. The van der Waals surface area contributed by atoms with E-state index in [2.05, 4.69) is 53.6 Å². The van der Waals surface area contributed by atoms with Crippen LogP contribution in [0, 0.1) is 23.6 Å². The Morgan fingerprint density at radius 1 is 0.800 bits per heavy atom. The fraction of sp³-hybridized carbons (Fsp3) is 0.209. The van der Waals surface area contributed by atoms with Gasteiger partial charge in [-0.15, -0.1) is 11.8 Å². The number of β-lactam (4-membered cyclic amide) rings is 1. The molecule has 1 fully saturated rings. The maximum atomic E-state index is 14.5. The summed E-state index contributed by atoms with van der Waals surface area (Å²) in [5.74, 6) is 5.51. The van der Waals surface area contributed by atoms with Crippen molar-refractivity contribution in [2.75, 3.05) is 5.75 Å². The molecule has 5 aromatic rings. The summed E-state index contributed by atoms with van der Waals surface area (Å²) in [5, 5.41) is 3.40. The summed E-state index contributed by atoms with van der Waals surface area (Å²) in [5.41, 5.74) is 3.61. The highest BCUT2D eigenvalue weighted by Crippen LogP contribution is 2.42. The van der Waals surface area contributed by atoms with Gasteiger partial charge < -0.3 is 9.64 Å². The Kier molecular flexibility index (Phi) is 11.1. The molecule has 252 valence electrons. The third kappa shape index (κ3) is 7.52. The van der Waals surface area contributed by atoms with E-state index >= 15 is 0 Å². The van der Waals surface area contributed by atoms with Crippen molar-refractivity contribution in [2.45, 2.75) is 43.5 Å². The number of thioether (sulfide) groups is 1. The molecule has 5 nitrogen and oxygen atoms in total. The van der Waals surface area contributed by atoms with Crippen LogP contribution < -0.4 is 5.32 Å². The first-order valence-electron chi connectivity index (χ1n) is 16.7. The highest BCUT2D eigenvalue weighted by atomic mass is 32.2. The molecule has 1 aliphatic heterocycles. The van der Waals surface area contributed by atoms with Gasteiger partial charge in [-0.3, -0.25) is 10.1 Å². The van der Waals surface area contributed by atoms with Gasteiger partial charge in [0.25, 0.3) is 0 Å². The average Bonchev–Trinajstić information content (AvgIpc) is 3.16. The molecule has 3 unspecified atom stereocenters. The van der Waals surface area contributed by atoms with Crippen LogP contribution in [0.4, 0.5) is 4.39 Å². The molecule has 0 bridgehead atoms. The quantitative estimate of drug-likeness (QED) is 0.0630. The molecular weight excluding hydrogens is 644 g/mol. The molecule has 7 heteroatoms. The maximum Gasteiger partial charge on any atom is 0.329 e.